The molecule has 3 nitrogen and oxygen atoms in total. The lowest BCUT2D eigenvalue weighted by molar-refractivity contribution is 0.0682. The van der Waals surface area contributed by atoms with Gasteiger partial charge < -0.3 is 0 Å². The van der Waals surface area contributed by atoms with E-state index in [0.29, 0.717) is 10.6 Å². The first-order valence-corrected chi connectivity index (χ1v) is 9.91. The Morgan fingerprint density at radius 2 is 1.64 bits per heavy atom. The van der Waals surface area contributed by atoms with Crippen LogP contribution in [-0.4, -0.2) is 16.6 Å². The molecule has 0 fully saturated rings. The van der Waals surface area contributed by atoms with Gasteiger partial charge in [-0.1, -0.05) is 72.3 Å². The van der Waals surface area contributed by atoms with Gasteiger partial charge in [-0.3, -0.25) is 4.79 Å². The van der Waals surface area contributed by atoms with Gasteiger partial charge in [-0.15, -0.1) is 0 Å². The van der Waals surface area contributed by atoms with E-state index in [9.17, 15) is 4.79 Å². The predicted molar refractivity (Wildman–Crippen MR) is 112 cm³/mol. The van der Waals surface area contributed by atoms with E-state index < -0.39 is 0 Å². The van der Waals surface area contributed by atoms with Crippen LogP contribution >= 0.6 is 11.6 Å². The molecule has 1 heterocycles. The van der Waals surface area contributed by atoms with E-state index in [4.69, 9.17) is 16.7 Å². The minimum absolute atomic E-state index is 0.0927. The third-order valence-corrected chi connectivity index (χ3v) is 6.03. The van der Waals surface area contributed by atoms with E-state index in [1.807, 2.05) is 60.7 Å². The minimum Gasteiger partial charge on any atom is -0.267 e. The average Bonchev–Trinajstić information content (AvgIpc) is 3.14. The molecule has 3 aromatic carbocycles. The summed E-state index contributed by atoms with van der Waals surface area (Å²) in [5.41, 5.74) is 5.03. The highest BCUT2D eigenvalue weighted by molar-refractivity contribution is 6.31. The topological polar surface area (TPSA) is 32.7 Å². The van der Waals surface area contributed by atoms with Crippen LogP contribution in [0.25, 0.3) is 0 Å². The molecule has 28 heavy (non-hydrogen) atoms. The number of amides is 1. The molecule has 4 heteroatoms. The maximum atomic E-state index is 13.4. The quantitative estimate of drug-likeness (QED) is 0.572. The van der Waals surface area contributed by atoms with Crippen LogP contribution in [0.15, 0.2) is 84.0 Å². The zero-order valence-corrected chi connectivity index (χ0v) is 16.0. The molecule has 138 valence electrons. The Labute approximate surface area is 169 Å². The van der Waals surface area contributed by atoms with E-state index in [1.165, 1.54) is 5.56 Å². The number of aryl methyl sites for hydroxylation is 1. The summed E-state index contributed by atoms with van der Waals surface area (Å²) in [6.07, 6.45) is 1.93. The highest BCUT2D eigenvalue weighted by Crippen LogP contribution is 2.45. The molecule has 0 unspecified atom stereocenters. The van der Waals surface area contributed by atoms with Gasteiger partial charge in [0.05, 0.1) is 11.8 Å². The third kappa shape index (κ3) is 2.74. The van der Waals surface area contributed by atoms with Crippen LogP contribution in [-0.2, 0) is 6.42 Å². The fourth-order valence-electron chi connectivity index (χ4n) is 4.37. The molecular formula is C24H19ClN2O. The Morgan fingerprint density at radius 1 is 0.929 bits per heavy atom. The molecule has 0 bridgehead atoms. The van der Waals surface area contributed by atoms with Crippen LogP contribution in [0.3, 0.4) is 0 Å². The number of benzene rings is 3. The molecule has 1 aliphatic heterocycles. The lowest BCUT2D eigenvalue weighted by Gasteiger charge is -2.30. The maximum Gasteiger partial charge on any atom is 0.274 e. The van der Waals surface area contributed by atoms with Crippen molar-refractivity contribution in [3.8, 4) is 0 Å². The van der Waals surface area contributed by atoms with E-state index in [-0.39, 0.29) is 17.9 Å². The zero-order valence-electron chi connectivity index (χ0n) is 15.3. The van der Waals surface area contributed by atoms with Gasteiger partial charge in [-0.05, 0) is 42.2 Å². The fourth-order valence-corrected chi connectivity index (χ4v) is 4.62. The summed E-state index contributed by atoms with van der Waals surface area (Å²) in [5.74, 6) is 0.0485. The number of carbonyl (C=O) groups excluding carboxylic acids is 1. The highest BCUT2D eigenvalue weighted by atomic mass is 35.5. The van der Waals surface area contributed by atoms with E-state index in [0.717, 1.165) is 29.7 Å². The number of rotatable bonds is 2. The standard InChI is InChI=1S/C24H19ClN2O/c25-21-13-7-6-12-19(21)23-20-15-14-16-8-4-5-11-18(16)22(20)26-27(23)24(28)17-9-2-1-3-10-17/h1-13,20,23H,14-15H2/t20-,23-/m1/s1. The van der Waals surface area contributed by atoms with Crippen LogP contribution in [0, 0.1) is 5.92 Å². The molecule has 0 N–H and O–H groups in total. The van der Waals surface area contributed by atoms with Gasteiger partial charge in [0.2, 0.25) is 0 Å². The number of nitrogens with zero attached hydrogens (tertiary/aromatic N) is 2. The molecule has 2 atom stereocenters. The fraction of sp³-hybridized carbons (Fsp3) is 0.167. The number of hydrogen-bond acceptors (Lipinski definition) is 2. The Morgan fingerprint density at radius 3 is 2.46 bits per heavy atom. The van der Waals surface area contributed by atoms with Crippen LogP contribution in [0.1, 0.15) is 39.5 Å². The summed E-state index contributed by atoms with van der Waals surface area (Å²) in [4.78, 5) is 13.4. The lowest BCUT2D eigenvalue weighted by Crippen LogP contribution is -2.32. The first kappa shape index (κ1) is 17.2. The van der Waals surface area contributed by atoms with Gasteiger partial charge in [0.15, 0.2) is 0 Å². The molecule has 0 saturated carbocycles. The number of carbonyl (C=O) groups is 1. The van der Waals surface area contributed by atoms with Gasteiger partial charge >= 0.3 is 0 Å². The second kappa shape index (κ2) is 6.92. The summed E-state index contributed by atoms with van der Waals surface area (Å²) in [7, 11) is 0. The number of hydrogen-bond donors (Lipinski definition) is 0. The second-order valence-corrected chi connectivity index (χ2v) is 7.68. The van der Waals surface area contributed by atoms with Crippen molar-refractivity contribution in [2.24, 2.45) is 11.0 Å². The molecule has 1 aliphatic carbocycles. The second-order valence-electron chi connectivity index (χ2n) is 7.27. The normalized spacial score (nSPS) is 20.3. The van der Waals surface area contributed by atoms with Gasteiger partial charge in [0, 0.05) is 22.1 Å². The predicted octanol–water partition coefficient (Wildman–Crippen LogP) is 5.50. The maximum absolute atomic E-state index is 13.4. The smallest absolute Gasteiger partial charge is 0.267 e. The first-order valence-electron chi connectivity index (χ1n) is 9.54. The van der Waals surface area contributed by atoms with Crippen LogP contribution in [0.2, 0.25) is 5.02 Å². The highest BCUT2D eigenvalue weighted by Gasteiger charge is 2.44. The summed E-state index contributed by atoms with van der Waals surface area (Å²) in [6, 6.07) is 25.3. The molecule has 3 aromatic rings. The molecule has 0 aromatic heterocycles. The Balaban J connectivity index is 1.65. The van der Waals surface area contributed by atoms with Crippen molar-refractivity contribution in [3.05, 3.63) is 106 Å². The molecule has 1 amide bonds. The Hall–Kier alpha value is -2.91. The Bertz CT molecular complexity index is 1080. The van der Waals surface area contributed by atoms with Crippen molar-refractivity contribution >= 4 is 23.2 Å². The van der Waals surface area contributed by atoms with Crippen molar-refractivity contribution in [1.82, 2.24) is 5.01 Å². The van der Waals surface area contributed by atoms with Gasteiger partial charge in [0.1, 0.15) is 0 Å². The van der Waals surface area contributed by atoms with E-state index >= 15 is 0 Å². The van der Waals surface area contributed by atoms with Crippen molar-refractivity contribution in [2.45, 2.75) is 18.9 Å². The third-order valence-electron chi connectivity index (χ3n) is 5.68. The monoisotopic (exact) mass is 386 g/mol. The van der Waals surface area contributed by atoms with Gasteiger partial charge in [0.25, 0.3) is 5.91 Å². The van der Waals surface area contributed by atoms with Crippen molar-refractivity contribution in [3.63, 3.8) is 0 Å². The minimum atomic E-state index is -0.190. The van der Waals surface area contributed by atoms with Crippen molar-refractivity contribution in [2.75, 3.05) is 0 Å². The molecule has 0 saturated heterocycles. The van der Waals surface area contributed by atoms with E-state index in [2.05, 4.69) is 18.2 Å². The summed E-state index contributed by atoms with van der Waals surface area (Å²) in [6.45, 7) is 0. The van der Waals surface area contributed by atoms with E-state index in [1.54, 1.807) is 5.01 Å². The average molecular weight is 387 g/mol. The summed E-state index contributed by atoms with van der Waals surface area (Å²) >= 11 is 6.56. The zero-order chi connectivity index (χ0) is 19.1. The number of hydrazone groups is 1. The molecule has 5 rings (SSSR count). The van der Waals surface area contributed by atoms with Gasteiger partial charge in [-0.25, -0.2) is 5.01 Å². The largest absolute Gasteiger partial charge is 0.274 e. The van der Waals surface area contributed by atoms with Gasteiger partial charge in [-0.2, -0.15) is 5.10 Å². The first-order chi connectivity index (χ1) is 13.7. The number of fused-ring (bicyclic) bond motifs is 3. The molecule has 0 spiro atoms. The molecule has 0 radical (unpaired) electrons. The Kier molecular flexibility index (Phi) is 4.25. The molecular weight excluding hydrogens is 368 g/mol. The van der Waals surface area contributed by atoms with Crippen molar-refractivity contribution < 1.29 is 4.79 Å². The van der Waals surface area contributed by atoms with Crippen LogP contribution in [0.4, 0.5) is 0 Å². The van der Waals surface area contributed by atoms with Crippen LogP contribution < -0.4 is 0 Å². The summed E-state index contributed by atoms with van der Waals surface area (Å²) < 4.78 is 0. The van der Waals surface area contributed by atoms with Crippen LogP contribution in [0.5, 0.6) is 0 Å². The molecule has 2 aliphatic rings. The number of halogens is 1. The lowest BCUT2D eigenvalue weighted by atomic mass is 9.77. The SMILES string of the molecule is O=C(c1ccccc1)N1N=C2c3ccccc3CC[C@H]2[C@H]1c1ccccc1Cl. The summed E-state index contributed by atoms with van der Waals surface area (Å²) in [5, 5.41) is 7.19. The van der Waals surface area contributed by atoms with Crippen molar-refractivity contribution in [1.29, 1.82) is 0 Å².